The summed E-state index contributed by atoms with van der Waals surface area (Å²) >= 11 is 0. The number of hydrogen-bond acceptors (Lipinski definition) is 4. The van der Waals surface area contributed by atoms with Crippen molar-refractivity contribution in [1.82, 2.24) is 20.1 Å². The van der Waals surface area contributed by atoms with Crippen LogP contribution in [0, 0.1) is 5.82 Å². The van der Waals surface area contributed by atoms with E-state index < -0.39 is 5.82 Å². The summed E-state index contributed by atoms with van der Waals surface area (Å²) in [6, 6.07) is 10.7. The molecule has 1 atom stereocenters. The maximum absolute atomic E-state index is 14.7. The number of allylic oxidation sites excluding steroid dienone is 3. The molecule has 1 aliphatic heterocycles. The Bertz CT molecular complexity index is 1190. The van der Waals surface area contributed by atoms with Crippen LogP contribution in [0.25, 0.3) is 17.0 Å². The number of hydrogen-bond donors (Lipinski definition) is 2. The van der Waals surface area contributed by atoms with E-state index in [4.69, 9.17) is 0 Å². The van der Waals surface area contributed by atoms with Crippen LogP contribution >= 0.6 is 0 Å². The van der Waals surface area contributed by atoms with E-state index >= 15 is 0 Å². The van der Waals surface area contributed by atoms with Crippen LogP contribution in [-0.2, 0) is 6.54 Å². The zero-order chi connectivity index (χ0) is 22.1. The van der Waals surface area contributed by atoms with Crippen LogP contribution in [0.5, 0.6) is 0 Å². The molecule has 0 saturated carbocycles. The number of aryl methyl sites for hydroxylation is 1. The van der Waals surface area contributed by atoms with E-state index in [0.717, 1.165) is 22.3 Å². The number of nitrogens with zero attached hydrogens (tertiary/aromatic N) is 3. The summed E-state index contributed by atoms with van der Waals surface area (Å²) in [5.41, 5.74) is 4.46. The van der Waals surface area contributed by atoms with Gasteiger partial charge in [-0.05, 0) is 49.6 Å². The number of halogens is 1. The highest BCUT2D eigenvalue weighted by Crippen LogP contribution is 2.31. The number of aromatic nitrogens is 3. The van der Waals surface area contributed by atoms with Crippen LogP contribution < -0.4 is 10.6 Å². The van der Waals surface area contributed by atoms with Gasteiger partial charge in [0.15, 0.2) is 5.82 Å². The van der Waals surface area contributed by atoms with Crippen molar-refractivity contribution in [3.05, 3.63) is 77.6 Å². The third kappa shape index (κ3) is 3.86. The minimum absolute atomic E-state index is 0.166. The Kier molecular flexibility index (Phi) is 5.42. The van der Waals surface area contributed by atoms with Crippen molar-refractivity contribution in [2.24, 2.45) is 0 Å². The smallest absolute Gasteiger partial charge is 0.252 e. The first-order chi connectivity index (χ1) is 14.9. The van der Waals surface area contributed by atoms with Gasteiger partial charge in [-0.1, -0.05) is 43.0 Å². The molecule has 0 spiro atoms. The van der Waals surface area contributed by atoms with Gasteiger partial charge in [-0.25, -0.2) is 9.07 Å². The maximum atomic E-state index is 14.7. The van der Waals surface area contributed by atoms with Crippen LogP contribution in [-0.4, -0.2) is 20.7 Å². The van der Waals surface area contributed by atoms with Crippen molar-refractivity contribution in [3.8, 4) is 11.4 Å². The van der Waals surface area contributed by atoms with Gasteiger partial charge in [0.1, 0.15) is 5.82 Å². The average molecular weight is 417 g/mol. The topological polar surface area (TPSA) is 71.8 Å². The monoisotopic (exact) mass is 417 g/mol. The minimum atomic E-state index is -0.510. The number of carbonyl (C=O) groups excluding carboxylic acids is 1. The van der Waals surface area contributed by atoms with E-state index in [1.807, 2.05) is 51.1 Å². The van der Waals surface area contributed by atoms with Gasteiger partial charge in [0.2, 0.25) is 5.95 Å². The molecule has 0 radical (unpaired) electrons. The van der Waals surface area contributed by atoms with Gasteiger partial charge in [-0.3, -0.25) is 4.79 Å². The number of amides is 1. The van der Waals surface area contributed by atoms with Gasteiger partial charge in [0, 0.05) is 17.7 Å². The molecule has 0 bridgehead atoms. The second-order valence-corrected chi connectivity index (χ2v) is 7.48. The lowest BCUT2D eigenvalue weighted by Gasteiger charge is -2.10. The van der Waals surface area contributed by atoms with Gasteiger partial charge in [0.05, 0.1) is 11.7 Å². The highest BCUT2D eigenvalue weighted by Gasteiger charge is 2.27. The predicted octanol–water partition coefficient (Wildman–Crippen LogP) is 5.24. The van der Waals surface area contributed by atoms with E-state index in [0.29, 0.717) is 23.9 Å². The average Bonchev–Trinajstić information content (AvgIpc) is 3.29. The summed E-state index contributed by atoms with van der Waals surface area (Å²) < 4.78 is 16.4. The van der Waals surface area contributed by atoms with E-state index in [1.54, 1.807) is 16.8 Å². The van der Waals surface area contributed by atoms with Crippen LogP contribution in [0.2, 0.25) is 0 Å². The van der Waals surface area contributed by atoms with E-state index in [-0.39, 0.29) is 17.6 Å². The van der Waals surface area contributed by atoms with Gasteiger partial charge in [-0.15, -0.1) is 5.10 Å². The van der Waals surface area contributed by atoms with Crippen LogP contribution in [0.15, 0.2) is 55.1 Å². The summed E-state index contributed by atoms with van der Waals surface area (Å²) in [5.74, 6) is 0.221. The SMILES string of the molecule is C=C/C=C(\C)c1ccc(-c2nc(Nc3cc4c(cc3F)C(=O)NC4C)n(CC)n2)cc1. The first kappa shape index (κ1) is 20.5. The lowest BCUT2D eigenvalue weighted by atomic mass is 10.0. The summed E-state index contributed by atoms with van der Waals surface area (Å²) in [4.78, 5) is 16.5. The molecule has 0 saturated heterocycles. The van der Waals surface area contributed by atoms with Crippen LogP contribution in [0.1, 0.15) is 48.3 Å². The van der Waals surface area contributed by atoms with Crippen LogP contribution in [0.4, 0.5) is 16.0 Å². The fraction of sp³-hybridized carbons (Fsp3) is 0.208. The lowest BCUT2D eigenvalue weighted by molar-refractivity contribution is 0.0958. The largest absolute Gasteiger partial charge is 0.345 e. The summed E-state index contributed by atoms with van der Waals surface area (Å²) in [6.07, 6.45) is 3.71. The van der Waals surface area contributed by atoms with Crippen molar-refractivity contribution in [2.45, 2.75) is 33.4 Å². The Morgan fingerprint density at radius 1 is 1.32 bits per heavy atom. The second-order valence-electron chi connectivity index (χ2n) is 7.48. The third-order valence-electron chi connectivity index (χ3n) is 5.38. The van der Waals surface area contributed by atoms with Gasteiger partial charge >= 0.3 is 0 Å². The molecule has 2 aromatic carbocycles. The normalized spacial score (nSPS) is 15.5. The van der Waals surface area contributed by atoms with Crippen LogP contribution in [0.3, 0.4) is 0 Å². The molecule has 31 heavy (non-hydrogen) atoms. The molecule has 0 aliphatic carbocycles. The fourth-order valence-corrected chi connectivity index (χ4v) is 3.65. The number of benzene rings is 2. The van der Waals surface area contributed by atoms with E-state index in [2.05, 4.69) is 27.3 Å². The second kappa shape index (κ2) is 8.18. The highest BCUT2D eigenvalue weighted by molar-refractivity contribution is 5.99. The number of nitrogens with one attached hydrogen (secondary N) is 2. The molecule has 1 aromatic heterocycles. The molecular formula is C24H24FN5O. The first-order valence-electron chi connectivity index (χ1n) is 10.2. The van der Waals surface area contributed by atoms with Crippen molar-refractivity contribution in [1.29, 1.82) is 0 Å². The molecule has 1 aliphatic rings. The molecule has 1 amide bonds. The zero-order valence-corrected chi connectivity index (χ0v) is 17.7. The molecule has 6 nitrogen and oxygen atoms in total. The predicted molar refractivity (Wildman–Crippen MR) is 121 cm³/mol. The molecular weight excluding hydrogens is 393 g/mol. The Morgan fingerprint density at radius 3 is 2.74 bits per heavy atom. The van der Waals surface area contributed by atoms with E-state index in [1.165, 1.54) is 6.07 Å². The summed E-state index contributed by atoms with van der Waals surface area (Å²) in [6.45, 7) is 10.1. The summed E-state index contributed by atoms with van der Waals surface area (Å²) in [5, 5.41) is 10.4. The number of fused-ring (bicyclic) bond motifs is 1. The molecule has 7 heteroatoms. The molecule has 1 unspecified atom stereocenters. The van der Waals surface area contributed by atoms with Crippen molar-refractivity contribution < 1.29 is 9.18 Å². The molecule has 0 fully saturated rings. The zero-order valence-electron chi connectivity index (χ0n) is 17.7. The number of anilines is 2. The Labute approximate surface area is 180 Å². The fourth-order valence-electron chi connectivity index (χ4n) is 3.65. The molecule has 2 N–H and O–H groups in total. The van der Waals surface area contributed by atoms with Crippen molar-refractivity contribution in [2.75, 3.05) is 5.32 Å². The highest BCUT2D eigenvalue weighted by atomic mass is 19.1. The quantitative estimate of drug-likeness (QED) is 0.538. The number of rotatable bonds is 6. The first-order valence-corrected chi connectivity index (χ1v) is 10.2. The minimum Gasteiger partial charge on any atom is -0.345 e. The third-order valence-corrected chi connectivity index (χ3v) is 5.38. The maximum Gasteiger partial charge on any atom is 0.252 e. The standard InChI is InChI=1S/C24H24FN5O/c1-5-7-14(3)16-8-10-17(11-9-16)22-28-24(30(6-2)29-22)27-21-13-18-15(4)26-23(31)19(18)12-20(21)25/h5,7-13,15H,1,6H2,2-4H3,(H,26,31)(H,27,28,29)/b14-7+. The van der Waals surface area contributed by atoms with Gasteiger partial charge < -0.3 is 10.6 Å². The van der Waals surface area contributed by atoms with Crippen molar-refractivity contribution >= 4 is 23.1 Å². The Morgan fingerprint density at radius 2 is 2.06 bits per heavy atom. The number of carbonyl (C=O) groups is 1. The lowest BCUT2D eigenvalue weighted by Crippen LogP contribution is -2.16. The van der Waals surface area contributed by atoms with Gasteiger partial charge in [-0.2, -0.15) is 4.98 Å². The summed E-state index contributed by atoms with van der Waals surface area (Å²) in [7, 11) is 0. The van der Waals surface area contributed by atoms with E-state index in [9.17, 15) is 9.18 Å². The molecule has 2 heterocycles. The Balaban J connectivity index is 1.65. The molecule has 3 aromatic rings. The molecule has 4 rings (SSSR count). The van der Waals surface area contributed by atoms with Crippen molar-refractivity contribution in [3.63, 3.8) is 0 Å². The Hall–Kier alpha value is -3.74. The molecule has 158 valence electrons. The van der Waals surface area contributed by atoms with Gasteiger partial charge in [0.25, 0.3) is 5.91 Å².